The van der Waals surface area contributed by atoms with Gasteiger partial charge >= 0.3 is 0 Å². The van der Waals surface area contributed by atoms with Crippen LogP contribution in [-0.2, 0) is 16.4 Å². The Labute approximate surface area is 116 Å². The second-order valence-corrected chi connectivity index (χ2v) is 7.53. The Balaban J connectivity index is 1.93. The Morgan fingerprint density at radius 1 is 1.50 bits per heavy atom. The molecule has 1 aromatic carbocycles. The Bertz CT molecular complexity index is 530. The highest BCUT2D eigenvalue weighted by Crippen LogP contribution is 2.25. The highest BCUT2D eigenvalue weighted by Gasteiger charge is 2.27. The number of hydrogen-bond acceptors (Lipinski definition) is 4. The number of halogens is 1. The molecule has 6 heteroatoms. The maximum atomic E-state index is 11.3. The highest BCUT2D eigenvalue weighted by atomic mass is 79.9. The van der Waals surface area contributed by atoms with Crippen molar-refractivity contribution in [2.45, 2.75) is 19.0 Å². The lowest BCUT2D eigenvalue weighted by Gasteiger charge is -2.11. The molecule has 1 saturated heterocycles. The average molecular weight is 334 g/mol. The van der Waals surface area contributed by atoms with Crippen LogP contribution < -0.4 is 10.1 Å². The zero-order valence-corrected chi connectivity index (χ0v) is 12.6. The number of ether oxygens (including phenoxy) is 1. The molecule has 2 rings (SSSR count). The second-order valence-electron chi connectivity index (χ2n) is 4.45. The Kier molecular flexibility index (Phi) is 4.29. The van der Waals surface area contributed by atoms with E-state index in [2.05, 4.69) is 21.2 Å². The van der Waals surface area contributed by atoms with E-state index in [1.165, 1.54) is 0 Å². The van der Waals surface area contributed by atoms with Gasteiger partial charge < -0.3 is 10.1 Å². The zero-order valence-electron chi connectivity index (χ0n) is 10.1. The molecule has 0 amide bonds. The topological polar surface area (TPSA) is 55.4 Å². The number of hydrogen-bond donors (Lipinski definition) is 1. The summed E-state index contributed by atoms with van der Waals surface area (Å²) in [5.74, 6) is 1.35. The first kappa shape index (κ1) is 13.8. The van der Waals surface area contributed by atoms with Crippen LogP contribution in [0.1, 0.15) is 12.0 Å². The van der Waals surface area contributed by atoms with E-state index >= 15 is 0 Å². The van der Waals surface area contributed by atoms with Crippen molar-refractivity contribution in [3.8, 4) is 5.75 Å². The highest BCUT2D eigenvalue weighted by molar-refractivity contribution is 9.10. The maximum Gasteiger partial charge on any atom is 0.151 e. The molecule has 0 saturated carbocycles. The van der Waals surface area contributed by atoms with Crippen molar-refractivity contribution in [1.29, 1.82) is 0 Å². The van der Waals surface area contributed by atoms with E-state index in [1.807, 2.05) is 18.2 Å². The largest absolute Gasteiger partial charge is 0.496 e. The predicted octanol–water partition coefficient (Wildman–Crippen LogP) is 1.73. The fraction of sp³-hybridized carbons (Fsp3) is 0.500. The summed E-state index contributed by atoms with van der Waals surface area (Å²) in [5, 5.41) is 3.28. The monoisotopic (exact) mass is 333 g/mol. The molecule has 0 unspecified atom stereocenters. The lowest BCUT2D eigenvalue weighted by Crippen LogP contribution is -2.29. The minimum Gasteiger partial charge on any atom is -0.496 e. The molecule has 1 aromatic rings. The number of nitrogens with one attached hydrogen (secondary N) is 1. The van der Waals surface area contributed by atoms with Gasteiger partial charge in [-0.15, -0.1) is 0 Å². The number of rotatable bonds is 4. The lowest BCUT2D eigenvalue weighted by atomic mass is 10.2. The Morgan fingerprint density at radius 3 is 2.83 bits per heavy atom. The van der Waals surface area contributed by atoms with E-state index in [1.54, 1.807) is 7.11 Å². The fourth-order valence-corrected chi connectivity index (χ4v) is 4.33. The van der Waals surface area contributed by atoms with Crippen molar-refractivity contribution >= 4 is 25.8 Å². The molecular formula is C12H16BrNO3S. The first-order chi connectivity index (χ1) is 8.50. The average Bonchev–Trinajstić information content (AvgIpc) is 2.66. The molecule has 1 N–H and O–H groups in total. The van der Waals surface area contributed by atoms with Gasteiger partial charge in [0.2, 0.25) is 0 Å². The Hall–Kier alpha value is -0.590. The molecule has 100 valence electrons. The summed E-state index contributed by atoms with van der Waals surface area (Å²) >= 11 is 3.43. The molecular weight excluding hydrogens is 318 g/mol. The smallest absolute Gasteiger partial charge is 0.151 e. The standard InChI is InChI=1S/C12H16BrNO3S/c1-17-12-3-2-9(6-11(12)13)7-14-10-4-5-18(15,16)8-10/h2-3,6,10,14H,4-5,7-8H2,1H3/t10-/m0/s1. The van der Waals surface area contributed by atoms with Crippen LogP contribution in [-0.4, -0.2) is 33.1 Å². The summed E-state index contributed by atoms with van der Waals surface area (Å²) in [6, 6.07) is 5.93. The van der Waals surface area contributed by atoms with E-state index < -0.39 is 9.84 Å². The fourth-order valence-electron chi connectivity index (χ4n) is 2.04. The van der Waals surface area contributed by atoms with Crippen LogP contribution in [0, 0.1) is 0 Å². The van der Waals surface area contributed by atoms with Crippen LogP contribution in [0.5, 0.6) is 5.75 Å². The Morgan fingerprint density at radius 2 is 2.28 bits per heavy atom. The number of methoxy groups -OCH3 is 1. The first-order valence-electron chi connectivity index (χ1n) is 5.76. The SMILES string of the molecule is COc1ccc(CN[C@H]2CCS(=O)(=O)C2)cc1Br. The summed E-state index contributed by atoms with van der Waals surface area (Å²) < 4.78 is 28.7. The summed E-state index contributed by atoms with van der Waals surface area (Å²) in [6.07, 6.45) is 0.708. The molecule has 1 heterocycles. The van der Waals surface area contributed by atoms with Gasteiger partial charge in [-0.1, -0.05) is 6.07 Å². The molecule has 0 bridgehead atoms. The number of sulfone groups is 1. The van der Waals surface area contributed by atoms with Gasteiger partial charge in [-0.05, 0) is 40.0 Å². The molecule has 4 nitrogen and oxygen atoms in total. The van der Waals surface area contributed by atoms with Gasteiger partial charge in [0.05, 0.1) is 23.1 Å². The van der Waals surface area contributed by atoms with Crippen LogP contribution in [0.4, 0.5) is 0 Å². The zero-order chi connectivity index (χ0) is 13.2. The number of benzene rings is 1. The van der Waals surface area contributed by atoms with Gasteiger partial charge in [-0.2, -0.15) is 0 Å². The molecule has 0 spiro atoms. The summed E-state index contributed by atoms with van der Waals surface area (Å²) in [6.45, 7) is 0.669. The van der Waals surface area contributed by atoms with E-state index in [0.29, 0.717) is 18.7 Å². The molecule has 1 atom stereocenters. The third kappa shape index (κ3) is 3.46. The van der Waals surface area contributed by atoms with Crippen LogP contribution in [0.3, 0.4) is 0 Å². The molecule has 1 fully saturated rings. The van der Waals surface area contributed by atoms with Crippen molar-refractivity contribution in [2.75, 3.05) is 18.6 Å². The van der Waals surface area contributed by atoms with Gasteiger partial charge in [-0.3, -0.25) is 0 Å². The second kappa shape index (κ2) is 5.59. The molecule has 0 radical (unpaired) electrons. The molecule has 0 aromatic heterocycles. The summed E-state index contributed by atoms with van der Waals surface area (Å²) in [5.41, 5.74) is 1.10. The van der Waals surface area contributed by atoms with E-state index in [9.17, 15) is 8.42 Å². The predicted molar refractivity (Wildman–Crippen MR) is 74.6 cm³/mol. The van der Waals surface area contributed by atoms with Crippen molar-refractivity contribution in [2.24, 2.45) is 0 Å². The molecule has 18 heavy (non-hydrogen) atoms. The summed E-state index contributed by atoms with van der Waals surface area (Å²) in [4.78, 5) is 0. The summed E-state index contributed by atoms with van der Waals surface area (Å²) in [7, 11) is -1.18. The van der Waals surface area contributed by atoms with Crippen molar-refractivity contribution in [3.63, 3.8) is 0 Å². The van der Waals surface area contributed by atoms with Gasteiger partial charge in [0.1, 0.15) is 5.75 Å². The van der Waals surface area contributed by atoms with Gasteiger partial charge in [-0.25, -0.2) is 8.42 Å². The minimum atomic E-state index is -2.81. The van der Waals surface area contributed by atoms with Crippen molar-refractivity contribution in [3.05, 3.63) is 28.2 Å². The molecule has 1 aliphatic rings. The van der Waals surface area contributed by atoms with Crippen molar-refractivity contribution in [1.82, 2.24) is 5.32 Å². The molecule has 0 aliphatic carbocycles. The maximum absolute atomic E-state index is 11.3. The van der Waals surface area contributed by atoms with Crippen LogP contribution in [0.15, 0.2) is 22.7 Å². The van der Waals surface area contributed by atoms with Gasteiger partial charge in [0, 0.05) is 12.6 Å². The van der Waals surface area contributed by atoms with Gasteiger partial charge in [0.15, 0.2) is 9.84 Å². The minimum absolute atomic E-state index is 0.0795. The quantitative estimate of drug-likeness (QED) is 0.911. The van der Waals surface area contributed by atoms with Crippen LogP contribution in [0.2, 0.25) is 0 Å². The normalized spacial score (nSPS) is 22.0. The molecule has 1 aliphatic heterocycles. The van der Waals surface area contributed by atoms with Crippen LogP contribution in [0.25, 0.3) is 0 Å². The van der Waals surface area contributed by atoms with Gasteiger partial charge in [0.25, 0.3) is 0 Å². The lowest BCUT2D eigenvalue weighted by molar-refractivity contribution is 0.412. The first-order valence-corrected chi connectivity index (χ1v) is 8.38. The third-order valence-electron chi connectivity index (χ3n) is 3.04. The van der Waals surface area contributed by atoms with Crippen LogP contribution >= 0.6 is 15.9 Å². The van der Waals surface area contributed by atoms with Crippen molar-refractivity contribution < 1.29 is 13.2 Å². The van der Waals surface area contributed by atoms with E-state index in [0.717, 1.165) is 15.8 Å². The van der Waals surface area contributed by atoms with E-state index in [-0.39, 0.29) is 11.8 Å². The van der Waals surface area contributed by atoms with E-state index in [4.69, 9.17) is 4.74 Å². The third-order valence-corrected chi connectivity index (χ3v) is 5.43.